The van der Waals surface area contributed by atoms with Gasteiger partial charge in [0, 0.05) is 30.7 Å². The number of hydrogen-bond donors (Lipinski definition) is 1. The SMILES string of the molecule is C=CCn1c(N/N=C/c2cc(Br)ccc2OC)nc2c1c(=O)n(C)c(=O)n2C. The number of rotatable bonds is 6. The fraction of sp³-hybridized carbons (Fsp3) is 0.222. The Morgan fingerprint density at radius 3 is 2.75 bits per heavy atom. The molecule has 0 aliphatic carbocycles. The van der Waals surface area contributed by atoms with E-state index in [9.17, 15) is 9.59 Å². The summed E-state index contributed by atoms with van der Waals surface area (Å²) in [4.78, 5) is 29.1. The minimum atomic E-state index is -0.449. The minimum Gasteiger partial charge on any atom is -0.496 e. The Morgan fingerprint density at radius 1 is 1.32 bits per heavy atom. The lowest BCUT2D eigenvalue weighted by Crippen LogP contribution is -2.37. The summed E-state index contributed by atoms with van der Waals surface area (Å²) in [5, 5.41) is 4.21. The second-order valence-electron chi connectivity index (χ2n) is 5.97. The molecule has 3 rings (SSSR count). The van der Waals surface area contributed by atoms with E-state index in [1.165, 1.54) is 11.6 Å². The number of benzene rings is 1. The van der Waals surface area contributed by atoms with Crippen molar-refractivity contribution >= 4 is 39.3 Å². The van der Waals surface area contributed by atoms with Crippen LogP contribution in [0.3, 0.4) is 0 Å². The third-order valence-electron chi connectivity index (χ3n) is 4.22. The third kappa shape index (κ3) is 3.38. The summed E-state index contributed by atoms with van der Waals surface area (Å²) in [6.07, 6.45) is 3.22. The van der Waals surface area contributed by atoms with Gasteiger partial charge in [-0.3, -0.25) is 18.5 Å². The molecule has 0 spiro atoms. The average Bonchev–Trinajstić information content (AvgIpc) is 3.04. The lowest BCUT2D eigenvalue weighted by Gasteiger charge is -2.07. The summed E-state index contributed by atoms with van der Waals surface area (Å²) in [5.41, 5.74) is 3.27. The zero-order valence-electron chi connectivity index (χ0n) is 15.6. The van der Waals surface area contributed by atoms with E-state index in [0.717, 1.165) is 14.6 Å². The first-order valence-electron chi connectivity index (χ1n) is 8.28. The molecular formula is C18H19BrN6O3. The van der Waals surface area contributed by atoms with Crippen molar-refractivity contribution in [2.45, 2.75) is 6.54 Å². The fourth-order valence-electron chi connectivity index (χ4n) is 2.80. The second kappa shape index (κ2) is 7.85. The molecule has 9 nitrogen and oxygen atoms in total. The number of aryl methyl sites for hydroxylation is 1. The van der Waals surface area contributed by atoms with Crippen LogP contribution in [-0.2, 0) is 20.6 Å². The van der Waals surface area contributed by atoms with E-state index in [2.05, 4.69) is 38.0 Å². The maximum Gasteiger partial charge on any atom is 0.332 e. The van der Waals surface area contributed by atoms with Crippen LogP contribution >= 0.6 is 15.9 Å². The predicted octanol–water partition coefficient (Wildman–Crippen LogP) is 1.84. The van der Waals surface area contributed by atoms with Gasteiger partial charge in [-0.25, -0.2) is 10.2 Å². The van der Waals surface area contributed by atoms with Crippen molar-refractivity contribution in [3.8, 4) is 5.75 Å². The molecule has 146 valence electrons. The summed E-state index contributed by atoms with van der Waals surface area (Å²) < 4.78 is 10.2. The number of aromatic nitrogens is 4. The number of imidazole rings is 1. The van der Waals surface area contributed by atoms with Crippen molar-refractivity contribution in [1.29, 1.82) is 0 Å². The lowest BCUT2D eigenvalue weighted by atomic mass is 10.2. The Balaban J connectivity index is 2.08. The molecule has 0 radical (unpaired) electrons. The Bertz CT molecular complexity index is 1200. The molecule has 1 N–H and O–H groups in total. The van der Waals surface area contributed by atoms with Crippen molar-refractivity contribution in [3.63, 3.8) is 0 Å². The van der Waals surface area contributed by atoms with Gasteiger partial charge < -0.3 is 4.74 Å². The van der Waals surface area contributed by atoms with Gasteiger partial charge >= 0.3 is 5.69 Å². The topological polar surface area (TPSA) is 95.4 Å². The van der Waals surface area contributed by atoms with Gasteiger partial charge in [-0.2, -0.15) is 10.1 Å². The zero-order valence-corrected chi connectivity index (χ0v) is 17.2. The van der Waals surface area contributed by atoms with Crippen LogP contribution in [0.1, 0.15) is 5.56 Å². The standard InChI is InChI=1S/C18H19BrN6O3/c1-5-8-25-14-15(23(2)18(27)24(3)16(14)26)21-17(25)22-20-10-11-9-12(19)6-7-13(11)28-4/h5-7,9-10H,1,8H2,2-4H3,(H,21,22)/b20-10+. The van der Waals surface area contributed by atoms with Crippen molar-refractivity contribution in [1.82, 2.24) is 18.7 Å². The largest absolute Gasteiger partial charge is 0.496 e. The quantitative estimate of drug-likeness (QED) is 0.354. The van der Waals surface area contributed by atoms with Crippen molar-refractivity contribution in [2.24, 2.45) is 19.2 Å². The molecule has 10 heteroatoms. The van der Waals surface area contributed by atoms with Gasteiger partial charge in [0.15, 0.2) is 11.2 Å². The molecule has 1 aromatic carbocycles. The highest BCUT2D eigenvalue weighted by Crippen LogP contribution is 2.21. The molecule has 3 aromatic rings. The molecule has 0 saturated carbocycles. The Morgan fingerprint density at radius 2 is 2.07 bits per heavy atom. The molecule has 0 aliphatic rings. The summed E-state index contributed by atoms with van der Waals surface area (Å²) in [7, 11) is 4.57. The van der Waals surface area contributed by atoms with Crippen molar-refractivity contribution in [3.05, 3.63) is 61.7 Å². The molecule has 0 atom stereocenters. The van der Waals surface area contributed by atoms with Crippen LogP contribution in [0.2, 0.25) is 0 Å². The Hall–Kier alpha value is -3.14. The van der Waals surface area contributed by atoms with E-state index >= 15 is 0 Å². The number of fused-ring (bicyclic) bond motifs is 1. The maximum atomic E-state index is 12.6. The van der Waals surface area contributed by atoms with Gasteiger partial charge in [-0.1, -0.05) is 22.0 Å². The Kier molecular flexibility index (Phi) is 5.50. The second-order valence-corrected chi connectivity index (χ2v) is 6.88. The number of ether oxygens (including phenoxy) is 1. The van der Waals surface area contributed by atoms with E-state index in [4.69, 9.17) is 4.74 Å². The molecule has 2 aromatic heterocycles. The minimum absolute atomic E-state index is 0.271. The van der Waals surface area contributed by atoms with Crippen LogP contribution < -0.4 is 21.4 Å². The monoisotopic (exact) mass is 446 g/mol. The summed E-state index contributed by atoms with van der Waals surface area (Å²) >= 11 is 3.41. The van der Waals surface area contributed by atoms with E-state index in [1.807, 2.05) is 18.2 Å². The van der Waals surface area contributed by atoms with Gasteiger partial charge in [0.25, 0.3) is 5.56 Å². The molecule has 28 heavy (non-hydrogen) atoms. The molecule has 0 bridgehead atoms. The van der Waals surface area contributed by atoms with Crippen LogP contribution in [-0.4, -0.2) is 32.0 Å². The van der Waals surface area contributed by atoms with Gasteiger partial charge in [-0.15, -0.1) is 6.58 Å². The highest BCUT2D eigenvalue weighted by Gasteiger charge is 2.18. The number of halogens is 1. The number of anilines is 1. The van der Waals surface area contributed by atoms with E-state index in [0.29, 0.717) is 23.8 Å². The molecule has 0 saturated heterocycles. The van der Waals surface area contributed by atoms with Gasteiger partial charge in [0.1, 0.15) is 5.75 Å². The fourth-order valence-corrected chi connectivity index (χ4v) is 3.18. The van der Waals surface area contributed by atoms with Gasteiger partial charge in [0.2, 0.25) is 5.95 Å². The van der Waals surface area contributed by atoms with E-state index in [1.54, 1.807) is 31.0 Å². The van der Waals surface area contributed by atoms with Crippen LogP contribution in [0.4, 0.5) is 5.95 Å². The van der Waals surface area contributed by atoms with Crippen molar-refractivity contribution in [2.75, 3.05) is 12.5 Å². The van der Waals surface area contributed by atoms with Crippen LogP contribution in [0.5, 0.6) is 5.75 Å². The van der Waals surface area contributed by atoms with Gasteiger partial charge in [-0.05, 0) is 18.2 Å². The Labute approximate surface area is 168 Å². The van der Waals surface area contributed by atoms with Crippen LogP contribution in [0.15, 0.2) is 50.0 Å². The zero-order chi connectivity index (χ0) is 20.4. The number of hydrogen-bond acceptors (Lipinski definition) is 6. The molecule has 0 aliphatic heterocycles. The maximum absolute atomic E-state index is 12.6. The molecule has 2 heterocycles. The smallest absolute Gasteiger partial charge is 0.332 e. The van der Waals surface area contributed by atoms with Crippen molar-refractivity contribution < 1.29 is 4.74 Å². The number of methoxy groups -OCH3 is 1. The van der Waals surface area contributed by atoms with Crippen LogP contribution in [0.25, 0.3) is 11.2 Å². The number of allylic oxidation sites excluding steroid dienone is 1. The summed E-state index contributed by atoms with van der Waals surface area (Å²) in [6, 6.07) is 5.54. The molecular weight excluding hydrogens is 428 g/mol. The first-order chi connectivity index (χ1) is 13.4. The van der Waals surface area contributed by atoms with Gasteiger partial charge in [0.05, 0.1) is 13.3 Å². The predicted molar refractivity (Wildman–Crippen MR) is 112 cm³/mol. The first-order valence-corrected chi connectivity index (χ1v) is 9.08. The highest BCUT2D eigenvalue weighted by molar-refractivity contribution is 9.10. The number of nitrogens with one attached hydrogen (secondary N) is 1. The summed E-state index contributed by atoms with van der Waals surface area (Å²) in [6.45, 7) is 4.04. The third-order valence-corrected chi connectivity index (χ3v) is 4.71. The lowest BCUT2D eigenvalue weighted by molar-refractivity contribution is 0.414. The number of nitrogens with zero attached hydrogens (tertiary/aromatic N) is 5. The van der Waals surface area contributed by atoms with E-state index in [-0.39, 0.29) is 5.65 Å². The van der Waals surface area contributed by atoms with Crippen LogP contribution in [0, 0.1) is 0 Å². The average molecular weight is 447 g/mol. The summed E-state index contributed by atoms with van der Waals surface area (Å²) in [5.74, 6) is 0.975. The molecule has 0 unspecified atom stereocenters. The normalized spacial score (nSPS) is 11.3. The highest BCUT2D eigenvalue weighted by atomic mass is 79.9. The molecule has 0 fully saturated rings. The first kappa shape index (κ1) is 19.6. The molecule has 0 amide bonds. The number of hydrazone groups is 1. The van der Waals surface area contributed by atoms with E-state index < -0.39 is 11.2 Å².